The van der Waals surface area contributed by atoms with Crippen molar-refractivity contribution < 1.29 is 19.7 Å². The Morgan fingerprint density at radius 1 is 1.19 bits per heavy atom. The van der Waals surface area contributed by atoms with Crippen molar-refractivity contribution >= 4 is 35.1 Å². The molecule has 6 unspecified atom stereocenters. The van der Waals surface area contributed by atoms with E-state index in [4.69, 9.17) is 21.4 Å². The maximum Gasteiger partial charge on any atom is 0.261 e. The smallest absolute Gasteiger partial charge is 0.261 e. The average molecular weight is 627 g/mol. The highest BCUT2D eigenvalue weighted by molar-refractivity contribution is 7.98. The first kappa shape index (κ1) is 32.2. The highest BCUT2D eigenvalue weighted by Gasteiger charge is 2.44. The number of aliphatic hydroxyl groups excluding tert-OH is 2. The molecule has 1 spiro atoms. The molecule has 8 heteroatoms. The zero-order valence-corrected chi connectivity index (χ0v) is 27.3. The molecule has 2 aliphatic carbocycles. The summed E-state index contributed by atoms with van der Waals surface area (Å²) < 4.78 is 9.67. The van der Waals surface area contributed by atoms with Crippen LogP contribution in [0.5, 0.6) is 5.75 Å². The SMILES string of the molecule is CC1C/C=C/C(O)C2CCC2CN2CC3(CCCc4cc(Cl)ccc43)COc3ccc(cc32)C(=O)NSC1C.CCCO. The second-order valence-corrected chi connectivity index (χ2v) is 14.5. The van der Waals surface area contributed by atoms with Gasteiger partial charge in [0.15, 0.2) is 0 Å². The Hall–Kier alpha value is -2.19. The third-order valence-corrected chi connectivity index (χ3v) is 11.2. The number of anilines is 1. The van der Waals surface area contributed by atoms with Crippen LogP contribution in [-0.2, 0) is 11.8 Å². The van der Waals surface area contributed by atoms with E-state index in [-0.39, 0.29) is 22.5 Å². The number of rotatable bonds is 1. The van der Waals surface area contributed by atoms with Crippen LogP contribution in [0.15, 0.2) is 48.6 Å². The topological polar surface area (TPSA) is 82.0 Å². The van der Waals surface area contributed by atoms with Gasteiger partial charge in [0.2, 0.25) is 0 Å². The molecule has 43 heavy (non-hydrogen) atoms. The van der Waals surface area contributed by atoms with E-state index in [1.807, 2.05) is 37.3 Å². The van der Waals surface area contributed by atoms with Crippen LogP contribution in [0.4, 0.5) is 5.69 Å². The molecule has 2 aromatic carbocycles. The number of aliphatic hydroxyl groups is 2. The number of aryl methyl sites for hydroxylation is 1. The molecule has 2 aliphatic heterocycles. The molecule has 2 heterocycles. The van der Waals surface area contributed by atoms with Gasteiger partial charge in [-0.05, 0) is 116 Å². The zero-order valence-electron chi connectivity index (χ0n) is 25.7. The molecule has 6 rings (SSSR count). The Kier molecular flexibility index (Phi) is 10.7. The van der Waals surface area contributed by atoms with Crippen molar-refractivity contribution in [3.8, 4) is 5.75 Å². The Labute approximate surface area is 266 Å². The van der Waals surface area contributed by atoms with Crippen molar-refractivity contribution in [1.29, 1.82) is 0 Å². The molecule has 234 valence electrons. The summed E-state index contributed by atoms with van der Waals surface area (Å²) in [7, 11) is 0. The van der Waals surface area contributed by atoms with Gasteiger partial charge in [-0.1, -0.05) is 50.6 Å². The second kappa shape index (κ2) is 14.3. The van der Waals surface area contributed by atoms with Crippen LogP contribution in [-0.4, -0.2) is 53.8 Å². The summed E-state index contributed by atoms with van der Waals surface area (Å²) in [5, 5.41) is 20.0. The summed E-state index contributed by atoms with van der Waals surface area (Å²) in [6, 6.07) is 12.2. The van der Waals surface area contributed by atoms with Gasteiger partial charge >= 0.3 is 0 Å². The minimum atomic E-state index is -0.424. The maximum absolute atomic E-state index is 13.2. The highest BCUT2D eigenvalue weighted by atomic mass is 35.5. The monoisotopic (exact) mass is 626 g/mol. The predicted octanol–water partition coefficient (Wildman–Crippen LogP) is 6.95. The van der Waals surface area contributed by atoms with Crippen LogP contribution in [0.25, 0.3) is 0 Å². The number of nitrogens with one attached hydrogen (secondary N) is 1. The number of hydrogen-bond donors (Lipinski definition) is 3. The number of benzene rings is 2. The van der Waals surface area contributed by atoms with Crippen LogP contribution in [0.2, 0.25) is 5.02 Å². The van der Waals surface area contributed by atoms with Gasteiger partial charge in [0.25, 0.3) is 5.91 Å². The quantitative estimate of drug-likeness (QED) is 0.235. The summed E-state index contributed by atoms with van der Waals surface area (Å²) >= 11 is 7.88. The fraction of sp³-hybridized carbons (Fsp3) is 0.571. The van der Waals surface area contributed by atoms with E-state index >= 15 is 0 Å². The second-order valence-electron chi connectivity index (χ2n) is 12.9. The lowest BCUT2D eigenvalue weighted by atomic mass is 9.68. The van der Waals surface area contributed by atoms with Crippen molar-refractivity contribution in [2.45, 2.75) is 82.5 Å². The van der Waals surface area contributed by atoms with E-state index in [2.05, 4.69) is 41.7 Å². The Balaban J connectivity index is 0.000000868. The van der Waals surface area contributed by atoms with Gasteiger partial charge in [-0.3, -0.25) is 9.52 Å². The van der Waals surface area contributed by atoms with Crippen LogP contribution < -0.4 is 14.4 Å². The molecule has 0 aromatic heterocycles. The van der Waals surface area contributed by atoms with Crippen molar-refractivity contribution in [1.82, 2.24) is 4.72 Å². The van der Waals surface area contributed by atoms with Crippen LogP contribution in [0, 0.1) is 17.8 Å². The number of fused-ring (bicyclic) bond motifs is 4. The minimum Gasteiger partial charge on any atom is -0.490 e. The number of nitrogens with zero attached hydrogens (tertiary/aromatic N) is 1. The lowest BCUT2D eigenvalue weighted by Crippen LogP contribution is -2.49. The van der Waals surface area contributed by atoms with E-state index in [0.717, 1.165) is 74.5 Å². The lowest BCUT2D eigenvalue weighted by molar-refractivity contribution is 0.0456. The lowest BCUT2D eigenvalue weighted by Gasteiger charge is -2.45. The van der Waals surface area contributed by atoms with Crippen LogP contribution in [0.1, 0.15) is 80.8 Å². The number of hydrogen-bond acceptors (Lipinski definition) is 6. The molecule has 6 atom stereocenters. The summed E-state index contributed by atoms with van der Waals surface area (Å²) in [5.74, 6) is 1.78. The van der Waals surface area contributed by atoms with Crippen molar-refractivity contribution in [3.05, 3.63) is 70.3 Å². The van der Waals surface area contributed by atoms with E-state index in [1.54, 1.807) is 0 Å². The largest absolute Gasteiger partial charge is 0.490 e. The number of allylic oxidation sites excluding steroid dienone is 1. The Morgan fingerprint density at radius 3 is 2.74 bits per heavy atom. The molecule has 3 N–H and O–H groups in total. The van der Waals surface area contributed by atoms with Crippen LogP contribution in [0.3, 0.4) is 0 Å². The molecule has 4 aliphatic rings. The molecule has 1 saturated carbocycles. The van der Waals surface area contributed by atoms with Gasteiger partial charge in [0.1, 0.15) is 5.75 Å². The average Bonchev–Trinajstić information content (AvgIpc) is 3.14. The van der Waals surface area contributed by atoms with Gasteiger partial charge in [-0.2, -0.15) is 0 Å². The number of carbonyl (C=O) groups is 1. The fourth-order valence-corrected chi connectivity index (χ4v) is 7.85. The maximum atomic E-state index is 13.2. The molecule has 6 nitrogen and oxygen atoms in total. The van der Waals surface area contributed by atoms with E-state index in [0.29, 0.717) is 30.6 Å². The van der Waals surface area contributed by atoms with Gasteiger partial charge in [-0.25, -0.2) is 0 Å². The number of carbonyl (C=O) groups excluding carboxylic acids is 1. The van der Waals surface area contributed by atoms with Crippen LogP contribution >= 0.6 is 23.5 Å². The third-order valence-electron chi connectivity index (χ3n) is 9.87. The first-order valence-corrected chi connectivity index (χ1v) is 17.2. The van der Waals surface area contributed by atoms with E-state index in [9.17, 15) is 9.90 Å². The Bertz CT molecular complexity index is 1300. The van der Waals surface area contributed by atoms with E-state index < -0.39 is 6.10 Å². The molecule has 0 saturated heterocycles. The standard InChI is InChI=1S/C32H39ClN2O3S.C3H8O/c1-20-5-3-7-29(36)26-11-8-24(26)17-35-18-32(14-4-6-22-15-25(33)10-12-27(22)32)19-38-30-13-9-23(16-28(30)35)31(37)34-39-21(20)2;1-2-3-4/h3,7,9-10,12-13,15-16,20-21,24,26,29,36H,4-6,8,11,14,17-19H2,1-2H3,(H,34,37);4H,2-3H2,1H3/b7-3+;. The van der Waals surface area contributed by atoms with Crippen molar-refractivity contribution in [2.24, 2.45) is 17.8 Å². The summed E-state index contributed by atoms with van der Waals surface area (Å²) in [6.45, 7) is 8.84. The first-order valence-electron chi connectivity index (χ1n) is 16.0. The zero-order chi connectivity index (χ0) is 30.6. The molecule has 0 radical (unpaired) electrons. The number of ether oxygens (including phenoxy) is 1. The molecule has 1 amide bonds. The molecular weight excluding hydrogens is 580 g/mol. The minimum absolute atomic E-state index is 0.0713. The number of halogens is 1. The predicted molar refractivity (Wildman–Crippen MR) is 177 cm³/mol. The van der Waals surface area contributed by atoms with Gasteiger partial charge < -0.3 is 19.8 Å². The highest BCUT2D eigenvalue weighted by Crippen LogP contribution is 2.46. The van der Waals surface area contributed by atoms with Gasteiger partial charge in [-0.15, -0.1) is 0 Å². The number of amides is 1. The molecule has 2 bridgehead atoms. The van der Waals surface area contributed by atoms with Gasteiger partial charge in [0, 0.05) is 40.9 Å². The normalized spacial score (nSPS) is 31.2. The molecule has 2 aromatic rings. The first-order chi connectivity index (χ1) is 20.7. The van der Waals surface area contributed by atoms with Gasteiger partial charge in [0.05, 0.1) is 18.4 Å². The van der Waals surface area contributed by atoms with Crippen molar-refractivity contribution in [2.75, 3.05) is 31.2 Å². The Morgan fingerprint density at radius 2 is 2.00 bits per heavy atom. The molecular formula is C35H47ClN2O4S. The molecule has 1 fully saturated rings. The summed E-state index contributed by atoms with van der Waals surface area (Å²) in [4.78, 5) is 15.7. The van der Waals surface area contributed by atoms with Crippen molar-refractivity contribution in [3.63, 3.8) is 0 Å². The van der Waals surface area contributed by atoms with E-state index in [1.165, 1.54) is 23.1 Å². The third kappa shape index (κ3) is 7.22. The summed E-state index contributed by atoms with van der Waals surface area (Å²) in [5.41, 5.74) is 4.14. The summed E-state index contributed by atoms with van der Waals surface area (Å²) in [6.07, 6.45) is 10.8. The fourth-order valence-electron chi connectivity index (χ4n) is 6.90.